The van der Waals surface area contributed by atoms with E-state index in [1.165, 1.54) is 86.2 Å². The Bertz CT molecular complexity index is 2320. The van der Waals surface area contributed by atoms with Crippen molar-refractivity contribution in [1.29, 1.82) is 0 Å². The maximum atomic E-state index is 2.68. The van der Waals surface area contributed by atoms with Crippen LogP contribution >= 0.6 is 0 Å². The van der Waals surface area contributed by atoms with Crippen molar-refractivity contribution in [2.24, 2.45) is 0 Å². The molecule has 1 atom stereocenters. The average Bonchev–Trinajstić information content (AvgIpc) is 3.36. The third-order valence-corrected chi connectivity index (χ3v) is 21.2. The maximum absolute atomic E-state index is 3.45. The molecule has 0 bridgehead atoms. The Labute approximate surface area is 405 Å². The monoisotopic (exact) mass is 928 g/mol. The van der Waals surface area contributed by atoms with E-state index in [0.29, 0.717) is 0 Å². The van der Waals surface area contributed by atoms with Gasteiger partial charge in [0.15, 0.2) is 0 Å². The zero-order valence-electron chi connectivity index (χ0n) is 39.0. The van der Waals surface area contributed by atoms with E-state index in [9.17, 15) is 0 Å². The van der Waals surface area contributed by atoms with Crippen LogP contribution in [0, 0.1) is 0 Å². The van der Waals surface area contributed by atoms with E-state index in [2.05, 4.69) is 256 Å². The van der Waals surface area contributed by atoms with Gasteiger partial charge in [0.05, 0.1) is 0 Å². The summed E-state index contributed by atoms with van der Waals surface area (Å²) >= 11 is 2.47. The van der Waals surface area contributed by atoms with Crippen molar-refractivity contribution >= 4 is 23.6 Å². The number of halogens is 3. The molecule has 7 rings (SSSR count). The van der Waals surface area contributed by atoms with Gasteiger partial charge in [-0.25, -0.2) is 0 Å². The average molecular weight is 930 g/mol. The molecule has 0 nitrogen and oxygen atoms in total. The Kier molecular flexibility index (Phi) is 15.7. The molecule has 1 aliphatic carbocycles. The van der Waals surface area contributed by atoms with Crippen molar-refractivity contribution in [3.8, 4) is 33.4 Å². The zero-order chi connectivity index (χ0) is 42.7. The van der Waals surface area contributed by atoms with Gasteiger partial charge in [-0.3, -0.25) is 0 Å². The van der Waals surface area contributed by atoms with Gasteiger partial charge in [0.25, 0.3) is 0 Å². The third-order valence-electron chi connectivity index (χ3n) is 13.6. The summed E-state index contributed by atoms with van der Waals surface area (Å²) in [6.07, 6.45) is 0. The van der Waals surface area contributed by atoms with Crippen molar-refractivity contribution in [3.63, 3.8) is 0 Å². The summed E-state index contributed by atoms with van der Waals surface area (Å²) in [5.74, 6) is 0. The molecule has 5 heteroatoms. The minimum Gasteiger partial charge on any atom is -1.00 e. The molecule has 0 fully saturated rings. The molecule has 1 unspecified atom stereocenters. The topological polar surface area (TPSA) is 0 Å². The molecule has 62 heavy (non-hydrogen) atoms. The molecule has 0 amide bonds. The summed E-state index contributed by atoms with van der Waals surface area (Å²) in [4.78, 5) is 0. The van der Waals surface area contributed by atoms with E-state index in [-0.39, 0.29) is 58.5 Å². The predicted octanol–water partition coefficient (Wildman–Crippen LogP) is 4.99. The second kappa shape index (κ2) is 19.0. The number of benzene rings is 6. The summed E-state index contributed by atoms with van der Waals surface area (Å²) in [6, 6.07) is 56.5. The van der Waals surface area contributed by atoms with Crippen molar-refractivity contribution in [3.05, 3.63) is 183 Å². The summed E-state index contributed by atoms with van der Waals surface area (Å²) in [7, 11) is -3.45. The standard InChI is InChI=1S/C57H63Si.3ClH.Ti/c1-39-38-57(13,41(3)40(39)2)58(51-35-45(54(4,5)6)29-32-48(51)42-23-17-14-18-24-42,52-36-46(55(7,8)9)30-33-49(52)43-25-19-15-20-26-43)53-37-47(56(10,11)12)31-34-50(53)44-27-21-16-22-28-44;;;;/h14-37H,1-13H3;3*1H;/q;;;;+3/p-3. The molecular weight excluding hydrogens is 867 g/mol. The van der Waals surface area contributed by atoms with Gasteiger partial charge in [0.2, 0.25) is 0 Å². The Morgan fingerprint density at radius 3 is 0.903 bits per heavy atom. The smallest absolute Gasteiger partial charge is 1.00 e. The summed E-state index contributed by atoms with van der Waals surface area (Å²) in [5.41, 5.74) is 16.0. The first-order valence-electron chi connectivity index (χ1n) is 21.4. The molecule has 320 valence electrons. The van der Waals surface area contributed by atoms with Crippen LogP contribution < -0.4 is 52.8 Å². The molecule has 0 aliphatic heterocycles. The SMILES string of the molecule is CC1=C(C)C(C)([Si](c2cc(C(C)(C)C)ccc2-c2ccccc2)(c2cc(C(C)(C)C)ccc2-c2ccccc2)c2cc(C(C)(C)C)ccc2-c2ccccc2)[C]([Ti+3])=C1C.[Cl-].[Cl-].[Cl-]. The van der Waals surface area contributed by atoms with Gasteiger partial charge in [-0.1, -0.05) is 0 Å². The molecule has 0 saturated heterocycles. The van der Waals surface area contributed by atoms with E-state index in [0.717, 1.165) is 0 Å². The maximum Gasteiger partial charge on any atom is -1.00 e. The first kappa shape index (κ1) is 51.2. The van der Waals surface area contributed by atoms with Crippen LogP contribution in [-0.4, -0.2) is 8.07 Å². The van der Waals surface area contributed by atoms with Crippen LogP contribution in [0.15, 0.2) is 166 Å². The molecule has 0 heterocycles. The fourth-order valence-electron chi connectivity index (χ4n) is 9.69. The van der Waals surface area contributed by atoms with E-state index in [4.69, 9.17) is 0 Å². The van der Waals surface area contributed by atoms with Gasteiger partial charge in [-0.15, -0.1) is 0 Å². The van der Waals surface area contributed by atoms with Gasteiger partial charge < -0.3 is 37.2 Å². The normalized spacial score (nSPS) is 15.8. The van der Waals surface area contributed by atoms with E-state index in [1.807, 2.05) is 0 Å². The van der Waals surface area contributed by atoms with Gasteiger partial charge in [0, 0.05) is 0 Å². The van der Waals surface area contributed by atoms with Crippen molar-refractivity contribution in [1.82, 2.24) is 0 Å². The van der Waals surface area contributed by atoms with E-state index >= 15 is 0 Å². The molecule has 0 radical (unpaired) electrons. The first-order valence-corrected chi connectivity index (χ1v) is 24.2. The Morgan fingerprint density at radius 2 is 0.677 bits per heavy atom. The van der Waals surface area contributed by atoms with Crippen LogP contribution in [0.2, 0.25) is 5.04 Å². The molecule has 0 N–H and O–H groups in total. The van der Waals surface area contributed by atoms with Crippen LogP contribution in [0.4, 0.5) is 0 Å². The van der Waals surface area contributed by atoms with Crippen LogP contribution in [0.3, 0.4) is 0 Å². The molecule has 0 spiro atoms. The van der Waals surface area contributed by atoms with Gasteiger partial charge in [0.1, 0.15) is 0 Å². The Balaban J connectivity index is 0.00000282. The molecule has 6 aromatic rings. The van der Waals surface area contributed by atoms with Crippen LogP contribution in [0.5, 0.6) is 0 Å². The van der Waals surface area contributed by atoms with E-state index in [1.54, 1.807) is 0 Å². The molecular formula is C57H63Cl3SiTi. The summed E-state index contributed by atoms with van der Waals surface area (Å²) < 4.78 is 1.49. The molecule has 0 saturated carbocycles. The van der Waals surface area contributed by atoms with Gasteiger partial charge >= 0.3 is 372 Å². The number of hydrogen-bond donors (Lipinski definition) is 0. The number of hydrogen-bond acceptors (Lipinski definition) is 0. The minimum absolute atomic E-state index is 0. The van der Waals surface area contributed by atoms with Crippen molar-refractivity contribution in [2.45, 2.75) is 111 Å². The minimum atomic E-state index is -3.45. The molecule has 1 aliphatic rings. The largest absolute Gasteiger partial charge is 1.00 e. The fraction of sp³-hybridized carbons (Fsp3) is 0.298. The third kappa shape index (κ3) is 8.85. The molecule has 6 aromatic carbocycles. The van der Waals surface area contributed by atoms with Gasteiger partial charge in [-0.2, -0.15) is 0 Å². The molecule has 0 aromatic heterocycles. The van der Waals surface area contributed by atoms with E-state index < -0.39 is 8.07 Å². The second-order valence-corrected chi connectivity index (χ2v) is 25.2. The first-order chi connectivity index (χ1) is 27.7. The van der Waals surface area contributed by atoms with Crippen LogP contribution in [-0.2, 0) is 36.7 Å². The van der Waals surface area contributed by atoms with Crippen molar-refractivity contribution in [2.75, 3.05) is 0 Å². The van der Waals surface area contributed by atoms with Crippen molar-refractivity contribution < 1.29 is 57.7 Å². The number of allylic oxidation sites excluding steroid dienone is 4. The number of rotatable bonds is 7. The zero-order valence-corrected chi connectivity index (χ0v) is 43.8. The van der Waals surface area contributed by atoms with Crippen LogP contribution in [0.1, 0.15) is 107 Å². The summed E-state index contributed by atoms with van der Waals surface area (Å²) in [5, 5.41) is 4.07. The second-order valence-electron chi connectivity index (χ2n) is 20.3. The summed E-state index contributed by atoms with van der Waals surface area (Å²) in [6.45, 7) is 31.3. The van der Waals surface area contributed by atoms with Gasteiger partial charge in [-0.05, 0) is 0 Å². The quantitative estimate of drug-likeness (QED) is 0.157. The predicted molar refractivity (Wildman–Crippen MR) is 256 cm³/mol. The van der Waals surface area contributed by atoms with Crippen LogP contribution in [0.25, 0.3) is 33.4 Å². The fourth-order valence-corrected chi connectivity index (χ4v) is 18.0. The Hall–Kier alpha value is -3.40. The Morgan fingerprint density at radius 1 is 0.403 bits per heavy atom.